The van der Waals surface area contributed by atoms with Crippen molar-refractivity contribution in [2.75, 3.05) is 4.90 Å². The Morgan fingerprint density at radius 2 is 0.814 bits per heavy atom. The molecule has 0 unspecified atom stereocenters. The Morgan fingerprint density at radius 3 is 1.58 bits per heavy atom. The molecule has 3 heteroatoms. The van der Waals surface area contributed by atoms with E-state index >= 15 is 0 Å². The molecule has 276 valence electrons. The second kappa shape index (κ2) is 13.4. The van der Waals surface area contributed by atoms with Crippen molar-refractivity contribution in [3.8, 4) is 33.4 Å². The molecule has 10 aromatic carbocycles. The van der Waals surface area contributed by atoms with E-state index in [0.717, 1.165) is 88.4 Å². The van der Waals surface area contributed by atoms with Gasteiger partial charge in [-0.15, -0.1) is 0 Å². The molecular formula is C56H35NO2. The Kier molecular flexibility index (Phi) is 7.54. The summed E-state index contributed by atoms with van der Waals surface area (Å²) in [6, 6.07) is 75.6. The summed E-state index contributed by atoms with van der Waals surface area (Å²) in [6.45, 7) is 0. The van der Waals surface area contributed by atoms with Crippen LogP contribution < -0.4 is 4.90 Å². The van der Waals surface area contributed by atoms with Crippen molar-refractivity contribution in [2.45, 2.75) is 0 Å². The summed E-state index contributed by atoms with van der Waals surface area (Å²) >= 11 is 0. The van der Waals surface area contributed by atoms with Gasteiger partial charge < -0.3 is 13.7 Å². The first kappa shape index (κ1) is 33.3. The van der Waals surface area contributed by atoms with Gasteiger partial charge in [0.15, 0.2) is 5.58 Å². The SMILES string of the molecule is c1ccc2cc(-c3ccc(-c4ccc(N(c5ccc(-c6cccc7c6oc6ccccc67)cc5)c5cccc6c5oc5c7ccccc7ccc65)cc4)cc3)ccc2c1. The van der Waals surface area contributed by atoms with E-state index in [0.29, 0.717) is 0 Å². The minimum atomic E-state index is 0.850. The van der Waals surface area contributed by atoms with E-state index in [1.54, 1.807) is 0 Å². The number of nitrogens with zero attached hydrogens (tertiary/aromatic N) is 1. The fraction of sp³-hybridized carbons (Fsp3) is 0. The Bertz CT molecular complexity index is 3540. The standard InChI is InChI=1S/C56H35NO2/c1-2-11-42-35-43(24-23-36(42)9-1)39-21-19-37(20-22-39)38-25-30-44(31-26-38)57(52-17-8-16-50-51-34-29-40-10-3-4-12-46(40)55(51)59-56(50)52)45-32-27-41(28-33-45)47-14-7-15-49-48-13-5-6-18-53(48)58-54(47)49/h1-35H. The molecule has 59 heavy (non-hydrogen) atoms. The maximum absolute atomic E-state index is 6.90. The first-order chi connectivity index (χ1) is 29.2. The van der Waals surface area contributed by atoms with Crippen LogP contribution in [0.2, 0.25) is 0 Å². The fourth-order valence-corrected chi connectivity index (χ4v) is 8.91. The summed E-state index contributed by atoms with van der Waals surface area (Å²) in [5.74, 6) is 0. The third kappa shape index (κ3) is 5.51. The van der Waals surface area contributed by atoms with Gasteiger partial charge in [0.25, 0.3) is 0 Å². The van der Waals surface area contributed by atoms with E-state index in [1.165, 1.54) is 27.5 Å². The van der Waals surface area contributed by atoms with Crippen LogP contribution in [0, 0.1) is 0 Å². The predicted molar refractivity (Wildman–Crippen MR) is 247 cm³/mol. The van der Waals surface area contributed by atoms with Gasteiger partial charge in [-0.1, -0.05) is 164 Å². The molecule has 12 aromatic rings. The number of fused-ring (bicyclic) bond motifs is 9. The summed E-state index contributed by atoms with van der Waals surface area (Å²) in [6.07, 6.45) is 0. The van der Waals surface area contributed by atoms with Crippen molar-refractivity contribution in [1.29, 1.82) is 0 Å². The molecule has 0 fully saturated rings. The second-order valence-corrected chi connectivity index (χ2v) is 15.3. The van der Waals surface area contributed by atoms with Crippen LogP contribution in [0.1, 0.15) is 0 Å². The molecule has 0 N–H and O–H groups in total. The lowest BCUT2D eigenvalue weighted by atomic mass is 9.98. The highest BCUT2D eigenvalue weighted by Crippen LogP contribution is 2.45. The third-order valence-corrected chi connectivity index (χ3v) is 11.9. The van der Waals surface area contributed by atoms with Crippen LogP contribution in [0.25, 0.3) is 98.8 Å². The van der Waals surface area contributed by atoms with E-state index < -0.39 is 0 Å². The van der Waals surface area contributed by atoms with Gasteiger partial charge in [0.1, 0.15) is 16.7 Å². The average molecular weight is 754 g/mol. The lowest BCUT2D eigenvalue weighted by Crippen LogP contribution is -2.10. The molecule has 0 aliphatic rings. The summed E-state index contributed by atoms with van der Waals surface area (Å²) < 4.78 is 13.3. The van der Waals surface area contributed by atoms with Gasteiger partial charge in [-0.2, -0.15) is 0 Å². The third-order valence-electron chi connectivity index (χ3n) is 11.9. The maximum atomic E-state index is 6.90. The van der Waals surface area contributed by atoms with Gasteiger partial charge in [-0.25, -0.2) is 0 Å². The number of benzene rings is 10. The maximum Gasteiger partial charge on any atom is 0.159 e. The molecule has 0 aliphatic heterocycles. The highest BCUT2D eigenvalue weighted by molar-refractivity contribution is 6.17. The van der Waals surface area contributed by atoms with E-state index in [2.05, 4.69) is 205 Å². The minimum Gasteiger partial charge on any atom is -0.455 e. The van der Waals surface area contributed by atoms with Crippen LogP contribution in [-0.2, 0) is 0 Å². The normalized spacial score (nSPS) is 11.7. The zero-order chi connectivity index (χ0) is 38.9. The summed E-state index contributed by atoms with van der Waals surface area (Å²) in [7, 11) is 0. The molecule has 0 aliphatic carbocycles. The monoisotopic (exact) mass is 753 g/mol. The molecule has 0 saturated carbocycles. The van der Waals surface area contributed by atoms with Gasteiger partial charge in [0, 0.05) is 43.9 Å². The van der Waals surface area contributed by atoms with Crippen molar-refractivity contribution in [2.24, 2.45) is 0 Å². The van der Waals surface area contributed by atoms with Gasteiger partial charge in [0.05, 0.1) is 5.69 Å². The predicted octanol–water partition coefficient (Wildman–Crippen LogP) is 16.3. The highest BCUT2D eigenvalue weighted by Gasteiger charge is 2.21. The van der Waals surface area contributed by atoms with Crippen LogP contribution >= 0.6 is 0 Å². The molecule has 0 spiro atoms. The summed E-state index contributed by atoms with van der Waals surface area (Å²) in [5, 5.41) is 9.22. The smallest absolute Gasteiger partial charge is 0.159 e. The topological polar surface area (TPSA) is 29.5 Å². The first-order valence-corrected chi connectivity index (χ1v) is 20.1. The molecule has 12 rings (SSSR count). The van der Waals surface area contributed by atoms with Gasteiger partial charge in [0.2, 0.25) is 0 Å². The number of furan rings is 2. The van der Waals surface area contributed by atoms with E-state index in [1.807, 2.05) is 12.1 Å². The van der Waals surface area contributed by atoms with Crippen molar-refractivity contribution < 1.29 is 8.83 Å². The number of anilines is 3. The Labute approximate surface area is 340 Å². The Morgan fingerprint density at radius 1 is 0.288 bits per heavy atom. The van der Waals surface area contributed by atoms with E-state index in [-0.39, 0.29) is 0 Å². The van der Waals surface area contributed by atoms with Crippen molar-refractivity contribution in [3.63, 3.8) is 0 Å². The molecule has 0 atom stereocenters. The van der Waals surface area contributed by atoms with Crippen LogP contribution in [-0.4, -0.2) is 0 Å². The largest absolute Gasteiger partial charge is 0.455 e. The molecule has 0 radical (unpaired) electrons. The van der Waals surface area contributed by atoms with Gasteiger partial charge >= 0.3 is 0 Å². The molecule has 0 amide bonds. The Hall–Kier alpha value is -7.88. The zero-order valence-electron chi connectivity index (χ0n) is 32.0. The van der Waals surface area contributed by atoms with Crippen LogP contribution in [0.15, 0.2) is 221 Å². The molecule has 3 nitrogen and oxygen atoms in total. The molecule has 2 aromatic heterocycles. The van der Waals surface area contributed by atoms with E-state index in [9.17, 15) is 0 Å². The van der Waals surface area contributed by atoms with Crippen molar-refractivity contribution >= 4 is 82.5 Å². The molecule has 0 saturated heterocycles. The summed E-state index contributed by atoms with van der Waals surface area (Å²) in [4.78, 5) is 2.31. The molecular weight excluding hydrogens is 719 g/mol. The second-order valence-electron chi connectivity index (χ2n) is 15.3. The number of hydrogen-bond acceptors (Lipinski definition) is 3. The fourth-order valence-electron chi connectivity index (χ4n) is 8.91. The molecule has 2 heterocycles. The van der Waals surface area contributed by atoms with Crippen LogP contribution in [0.5, 0.6) is 0 Å². The lowest BCUT2D eigenvalue weighted by molar-refractivity contribution is 0.670. The minimum absolute atomic E-state index is 0.850. The lowest BCUT2D eigenvalue weighted by Gasteiger charge is -2.26. The van der Waals surface area contributed by atoms with Gasteiger partial charge in [-0.3, -0.25) is 0 Å². The number of para-hydroxylation sites is 3. The first-order valence-electron chi connectivity index (χ1n) is 20.1. The average Bonchev–Trinajstić information content (AvgIpc) is 3.89. The number of hydrogen-bond donors (Lipinski definition) is 0. The highest BCUT2D eigenvalue weighted by atomic mass is 16.3. The summed E-state index contributed by atoms with van der Waals surface area (Å²) in [5.41, 5.74) is 13.5. The quantitative estimate of drug-likeness (QED) is 0.169. The van der Waals surface area contributed by atoms with E-state index in [4.69, 9.17) is 8.83 Å². The molecule has 0 bridgehead atoms. The van der Waals surface area contributed by atoms with Crippen molar-refractivity contribution in [1.82, 2.24) is 0 Å². The number of rotatable bonds is 6. The van der Waals surface area contributed by atoms with Crippen LogP contribution in [0.3, 0.4) is 0 Å². The van der Waals surface area contributed by atoms with Crippen LogP contribution in [0.4, 0.5) is 17.1 Å². The zero-order valence-corrected chi connectivity index (χ0v) is 32.0. The van der Waals surface area contributed by atoms with Gasteiger partial charge in [-0.05, 0) is 92.5 Å². The Balaban J connectivity index is 0.959. The van der Waals surface area contributed by atoms with Crippen molar-refractivity contribution in [3.05, 3.63) is 212 Å².